The maximum atomic E-state index is 9.88. The highest BCUT2D eigenvalue weighted by atomic mass is 16.3. The van der Waals surface area contributed by atoms with Crippen LogP contribution in [0.15, 0.2) is 23.3 Å². The van der Waals surface area contributed by atoms with Gasteiger partial charge < -0.3 is 15.9 Å². The van der Waals surface area contributed by atoms with E-state index in [-0.39, 0.29) is 6.54 Å². The van der Waals surface area contributed by atoms with E-state index in [0.29, 0.717) is 16.9 Å². The molecule has 5 N–H and O–H groups in total. The van der Waals surface area contributed by atoms with Gasteiger partial charge in [0.15, 0.2) is 5.82 Å². The van der Waals surface area contributed by atoms with E-state index in [1.807, 2.05) is 0 Å². The fourth-order valence-electron chi connectivity index (χ4n) is 1.68. The summed E-state index contributed by atoms with van der Waals surface area (Å²) in [6, 6.07) is 4.98. The van der Waals surface area contributed by atoms with Crippen LogP contribution >= 0.6 is 0 Å². The maximum absolute atomic E-state index is 9.88. The minimum atomic E-state index is -1.15. The second-order valence-electron chi connectivity index (χ2n) is 3.84. The molecule has 18 heavy (non-hydrogen) atoms. The lowest BCUT2D eigenvalue weighted by atomic mass is 10.0. The number of hydrogen-bond donors (Lipinski definition) is 4. The molecule has 0 radical (unpaired) electrons. The first-order valence-electron chi connectivity index (χ1n) is 5.24. The zero-order chi connectivity index (χ0) is 13.1. The third-order valence-corrected chi connectivity index (χ3v) is 2.65. The molecule has 2 atom stereocenters. The van der Waals surface area contributed by atoms with Crippen LogP contribution < -0.4 is 5.73 Å². The first-order valence-corrected chi connectivity index (χ1v) is 5.24. The van der Waals surface area contributed by atoms with Crippen molar-refractivity contribution in [2.75, 3.05) is 12.3 Å². The van der Waals surface area contributed by atoms with Gasteiger partial charge in [-0.3, -0.25) is 5.10 Å². The monoisotopic (exact) mass is 248 g/mol. The molecule has 0 spiro atoms. The largest absolute Gasteiger partial charge is 0.390 e. The van der Waals surface area contributed by atoms with Crippen LogP contribution in [-0.4, -0.2) is 33.1 Å². The SMILES string of the molecule is [N-]=[N+]=NCC(O)C(O)c1ccc2c(N)n[nH]c2c1. The number of H-pyrrole nitrogens is 1. The van der Waals surface area contributed by atoms with Gasteiger partial charge in [0.2, 0.25) is 0 Å². The Morgan fingerprint density at radius 3 is 3.00 bits per heavy atom. The summed E-state index contributed by atoms with van der Waals surface area (Å²) in [4.78, 5) is 2.53. The van der Waals surface area contributed by atoms with Gasteiger partial charge in [-0.1, -0.05) is 11.2 Å². The summed E-state index contributed by atoms with van der Waals surface area (Å²) in [6.07, 6.45) is -2.29. The van der Waals surface area contributed by atoms with Crippen LogP contribution in [0.5, 0.6) is 0 Å². The smallest absolute Gasteiger partial charge is 0.153 e. The molecule has 0 aliphatic carbocycles. The number of aliphatic hydroxyl groups is 2. The highest BCUT2D eigenvalue weighted by Crippen LogP contribution is 2.24. The number of aromatic amines is 1. The Hall–Kier alpha value is -2.28. The summed E-state index contributed by atoms with van der Waals surface area (Å²) in [5.41, 5.74) is 14.9. The molecule has 2 rings (SSSR count). The van der Waals surface area contributed by atoms with E-state index in [4.69, 9.17) is 11.3 Å². The molecule has 1 aromatic heterocycles. The number of nitrogens with two attached hydrogens (primary N) is 1. The zero-order valence-corrected chi connectivity index (χ0v) is 9.35. The Labute approximate surface area is 102 Å². The number of nitrogen functional groups attached to an aromatic ring is 1. The molecule has 8 nitrogen and oxygen atoms in total. The first-order chi connectivity index (χ1) is 8.63. The summed E-state index contributed by atoms with van der Waals surface area (Å²) in [5.74, 6) is 0.376. The highest BCUT2D eigenvalue weighted by Gasteiger charge is 2.18. The van der Waals surface area contributed by atoms with E-state index < -0.39 is 12.2 Å². The Bertz CT molecular complexity index is 603. The van der Waals surface area contributed by atoms with Gasteiger partial charge in [-0.15, -0.1) is 0 Å². The van der Waals surface area contributed by atoms with Crippen LogP contribution in [0.3, 0.4) is 0 Å². The molecule has 94 valence electrons. The predicted molar refractivity (Wildman–Crippen MR) is 65.5 cm³/mol. The van der Waals surface area contributed by atoms with Crippen molar-refractivity contribution in [2.24, 2.45) is 5.11 Å². The normalized spacial score (nSPS) is 14.1. The minimum Gasteiger partial charge on any atom is -0.390 e. The summed E-state index contributed by atoms with van der Waals surface area (Å²) in [7, 11) is 0. The van der Waals surface area contributed by atoms with E-state index in [1.165, 1.54) is 0 Å². The average molecular weight is 248 g/mol. The molecule has 0 fully saturated rings. The van der Waals surface area contributed by atoms with Gasteiger partial charge in [0.05, 0.1) is 18.2 Å². The number of rotatable bonds is 4. The van der Waals surface area contributed by atoms with E-state index in [0.717, 1.165) is 5.39 Å². The lowest BCUT2D eigenvalue weighted by molar-refractivity contribution is 0.0245. The standard InChI is InChI=1S/C10H12N6O2/c11-10-6-2-1-5(3-7(6)14-15-10)9(18)8(17)4-13-16-12/h1-3,8-9,17-18H,4H2,(H3,11,14,15). The molecule has 0 aliphatic rings. The number of aromatic nitrogens is 2. The topological polar surface area (TPSA) is 144 Å². The van der Waals surface area contributed by atoms with Crippen LogP contribution in [0.25, 0.3) is 21.3 Å². The summed E-state index contributed by atoms with van der Waals surface area (Å²) in [5, 5.41) is 30.0. The average Bonchev–Trinajstić information content (AvgIpc) is 2.76. The van der Waals surface area contributed by atoms with Crippen LogP contribution in [-0.2, 0) is 0 Å². The maximum Gasteiger partial charge on any atom is 0.153 e. The number of hydrogen-bond acceptors (Lipinski definition) is 5. The predicted octanol–water partition coefficient (Wildman–Crippen LogP) is 0.850. The molecule has 0 amide bonds. The van der Waals surface area contributed by atoms with E-state index in [1.54, 1.807) is 18.2 Å². The molecular formula is C10H12N6O2. The van der Waals surface area contributed by atoms with Crippen molar-refractivity contribution < 1.29 is 10.2 Å². The first kappa shape index (κ1) is 12.2. The van der Waals surface area contributed by atoms with E-state index >= 15 is 0 Å². The lowest BCUT2D eigenvalue weighted by Crippen LogP contribution is -2.21. The minimum absolute atomic E-state index is 0.194. The Balaban J connectivity index is 2.27. The number of azide groups is 1. The zero-order valence-electron chi connectivity index (χ0n) is 9.35. The van der Waals surface area contributed by atoms with Gasteiger partial charge in [0.1, 0.15) is 6.10 Å². The molecule has 1 aromatic carbocycles. The van der Waals surface area contributed by atoms with Crippen LogP contribution in [0, 0.1) is 0 Å². The molecular weight excluding hydrogens is 236 g/mol. The second kappa shape index (κ2) is 4.92. The van der Waals surface area contributed by atoms with Gasteiger partial charge in [-0.25, -0.2) is 0 Å². The summed E-state index contributed by atoms with van der Waals surface area (Å²) in [6.45, 7) is -0.194. The van der Waals surface area contributed by atoms with Crippen molar-refractivity contribution in [3.05, 3.63) is 34.2 Å². The Morgan fingerprint density at radius 2 is 2.28 bits per heavy atom. The molecule has 0 bridgehead atoms. The molecule has 8 heteroatoms. The van der Waals surface area contributed by atoms with Gasteiger partial charge in [0, 0.05) is 10.3 Å². The Kier molecular flexibility index (Phi) is 3.33. The molecule has 0 saturated carbocycles. The molecule has 0 saturated heterocycles. The number of aliphatic hydroxyl groups excluding tert-OH is 2. The highest BCUT2D eigenvalue weighted by molar-refractivity contribution is 5.88. The van der Waals surface area contributed by atoms with Gasteiger partial charge in [-0.05, 0) is 23.2 Å². The molecule has 0 aliphatic heterocycles. The second-order valence-corrected chi connectivity index (χ2v) is 3.84. The number of anilines is 1. The number of fused-ring (bicyclic) bond motifs is 1. The molecule has 2 unspecified atom stereocenters. The van der Waals surface area contributed by atoms with E-state index in [9.17, 15) is 10.2 Å². The fraction of sp³-hybridized carbons (Fsp3) is 0.300. The summed E-state index contributed by atoms with van der Waals surface area (Å²) < 4.78 is 0. The van der Waals surface area contributed by atoms with Crippen LogP contribution in [0.4, 0.5) is 5.82 Å². The van der Waals surface area contributed by atoms with Crippen LogP contribution in [0.2, 0.25) is 0 Å². The third-order valence-electron chi connectivity index (χ3n) is 2.65. The lowest BCUT2D eigenvalue weighted by Gasteiger charge is -2.16. The van der Waals surface area contributed by atoms with Crippen molar-refractivity contribution in [1.82, 2.24) is 10.2 Å². The summed E-state index contributed by atoms with van der Waals surface area (Å²) >= 11 is 0. The van der Waals surface area contributed by atoms with Gasteiger partial charge >= 0.3 is 0 Å². The van der Waals surface area contributed by atoms with Crippen molar-refractivity contribution in [1.29, 1.82) is 0 Å². The Morgan fingerprint density at radius 1 is 1.50 bits per heavy atom. The van der Waals surface area contributed by atoms with Crippen molar-refractivity contribution in [3.63, 3.8) is 0 Å². The van der Waals surface area contributed by atoms with Crippen molar-refractivity contribution >= 4 is 16.7 Å². The molecule has 1 heterocycles. The number of nitrogens with one attached hydrogen (secondary N) is 1. The van der Waals surface area contributed by atoms with Crippen molar-refractivity contribution in [3.8, 4) is 0 Å². The quantitative estimate of drug-likeness (QED) is 0.361. The van der Waals surface area contributed by atoms with E-state index in [2.05, 4.69) is 20.2 Å². The van der Waals surface area contributed by atoms with Gasteiger partial charge in [0.25, 0.3) is 0 Å². The molecule has 2 aromatic rings. The number of benzene rings is 1. The van der Waals surface area contributed by atoms with Gasteiger partial charge in [-0.2, -0.15) is 5.10 Å². The van der Waals surface area contributed by atoms with Crippen LogP contribution in [0.1, 0.15) is 11.7 Å². The number of nitrogens with zero attached hydrogens (tertiary/aromatic N) is 4. The fourth-order valence-corrected chi connectivity index (χ4v) is 1.68. The third kappa shape index (κ3) is 2.21. The van der Waals surface area contributed by atoms with Crippen molar-refractivity contribution in [2.45, 2.75) is 12.2 Å².